The molecule has 0 spiro atoms. The van der Waals surface area contributed by atoms with Crippen LogP contribution in [0.4, 0.5) is 0 Å². The summed E-state index contributed by atoms with van der Waals surface area (Å²) in [6.45, 7) is 9.78. The third kappa shape index (κ3) is 13.1. The molecule has 0 aromatic rings. The highest BCUT2D eigenvalue weighted by Crippen LogP contribution is 2.52. The van der Waals surface area contributed by atoms with Crippen LogP contribution in [0.15, 0.2) is 10.2 Å². The quantitative estimate of drug-likeness (QED) is 0.0550. The summed E-state index contributed by atoms with van der Waals surface area (Å²) in [4.78, 5) is 6.16. The molecule has 0 bridgehead atoms. The van der Waals surface area contributed by atoms with Gasteiger partial charge in [-0.1, -0.05) is 129 Å². The molecule has 0 aromatic heterocycles. The van der Waals surface area contributed by atoms with Gasteiger partial charge in [0.2, 0.25) is 0 Å². The summed E-state index contributed by atoms with van der Waals surface area (Å²) in [6, 6.07) is 4.87. The molecule has 8 aliphatic rings. The topological polar surface area (TPSA) is 37.7 Å². The van der Waals surface area contributed by atoms with E-state index in [0.717, 1.165) is 60.9 Å². The van der Waals surface area contributed by atoms with Crippen molar-refractivity contribution in [1.29, 1.82) is 0 Å². The largest absolute Gasteiger partial charge is 0.297 e. The zero-order chi connectivity index (χ0) is 43.1. The monoisotopic (exact) mass is 871 g/mol. The molecule has 6 heteroatoms. The zero-order valence-corrected chi connectivity index (χ0v) is 41.8. The van der Waals surface area contributed by atoms with Crippen molar-refractivity contribution in [2.75, 3.05) is 26.2 Å². The van der Waals surface area contributed by atoms with Gasteiger partial charge in [-0.2, -0.15) is 10.2 Å². The molecule has 2 aliphatic heterocycles. The van der Waals surface area contributed by atoms with Crippen LogP contribution in [0.2, 0.25) is 0 Å². The summed E-state index contributed by atoms with van der Waals surface area (Å²) in [7, 11) is 0. The fraction of sp³-hybridized carbons (Fsp3) is 0.965. The Kier molecular flexibility index (Phi) is 19.8. The average Bonchev–Trinajstić information content (AvgIpc) is 3.82. The van der Waals surface area contributed by atoms with Gasteiger partial charge in [-0.05, 0) is 171 Å². The van der Waals surface area contributed by atoms with E-state index in [2.05, 4.69) is 46.1 Å². The Morgan fingerprint density at radius 1 is 0.381 bits per heavy atom. The fourth-order valence-electron chi connectivity index (χ4n) is 16.0. The van der Waals surface area contributed by atoms with Crippen LogP contribution in [-0.4, -0.2) is 94.7 Å². The molecule has 8 fully saturated rings. The minimum absolute atomic E-state index is 0.670. The van der Waals surface area contributed by atoms with Gasteiger partial charge in [-0.25, -0.2) is 0 Å². The van der Waals surface area contributed by atoms with E-state index < -0.39 is 0 Å². The first-order valence-corrected chi connectivity index (χ1v) is 29.3. The van der Waals surface area contributed by atoms with Crippen molar-refractivity contribution >= 4 is 12.4 Å². The van der Waals surface area contributed by atoms with Gasteiger partial charge in [-0.3, -0.25) is 19.8 Å². The Bertz CT molecular complexity index is 1220. The van der Waals surface area contributed by atoms with Crippen LogP contribution in [0.3, 0.4) is 0 Å². The second kappa shape index (κ2) is 25.8. The van der Waals surface area contributed by atoms with Crippen LogP contribution < -0.4 is 0 Å². The van der Waals surface area contributed by atoms with Gasteiger partial charge in [0.1, 0.15) is 0 Å². The summed E-state index contributed by atoms with van der Waals surface area (Å²) in [5.74, 6) is 5.18. The molecule has 2 heterocycles. The van der Waals surface area contributed by atoms with Gasteiger partial charge in [0, 0.05) is 61.8 Å². The minimum Gasteiger partial charge on any atom is -0.297 e. The van der Waals surface area contributed by atoms with Crippen LogP contribution in [0, 0.1) is 35.5 Å². The van der Waals surface area contributed by atoms with E-state index >= 15 is 0 Å². The third-order valence-electron chi connectivity index (χ3n) is 19.3. The maximum absolute atomic E-state index is 5.51. The molecule has 10 atom stereocenters. The van der Waals surface area contributed by atoms with Crippen LogP contribution in [0.25, 0.3) is 0 Å². The Balaban J connectivity index is 0.821. The number of fused-ring (bicyclic) bond motifs is 6. The van der Waals surface area contributed by atoms with Crippen molar-refractivity contribution in [3.8, 4) is 0 Å². The van der Waals surface area contributed by atoms with Crippen molar-refractivity contribution in [2.24, 2.45) is 45.7 Å². The summed E-state index contributed by atoms with van der Waals surface area (Å²) in [5.41, 5.74) is 0. The Morgan fingerprint density at radius 2 is 0.762 bits per heavy atom. The predicted octanol–water partition coefficient (Wildman–Crippen LogP) is 14.7. The van der Waals surface area contributed by atoms with Gasteiger partial charge in [-0.15, -0.1) is 0 Å². The highest BCUT2D eigenvalue weighted by molar-refractivity contribution is 5.61. The fourth-order valence-corrected chi connectivity index (χ4v) is 16.0. The number of unbranched alkanes of at least 4 members (excludes halogenated alkanes) is 10. The van der Waals surface area contributed by atoms with Crippen LogP contribution in [0.1, 0.15) is 251 Å². The van der Waals surface area contributed by atoms with Crippen molar-refractivity contribution < 1.29 is 0 Å². The summed E-state index contributed by atoms with van der Waals surface area (Å²) < 4.78 is 0. The molecule has 6 saturated carbocycles. The average molecular weight is 871 g/mol. The van der Waals surface area contributed by atoms with E-state index in [1.165, 1.54) is 251 Å². The highest BCUT2D eigenvalue weighted by Gasteiger charge is 2.52. The molecule has 8 rings (SSSR count). The molecule has 0 amide bonds. The van der Waals surface area contributed by atoms with E-state index in [-0.39, 0.29) is 0 Å². The lowest BCUT2D eigenvalue weighted by atomic mass is 9.70. The number of hydrogen-bond acceptors (Lipinski definition) is 6. The number of hydrogen-bond donors (Lipinski definition) is 0. The van der Waals surface area contributed by atoms with E-state index in [9.17, 15) is 0 Å². The van der Waals surface area contributed by atoms with Gasteiger partial charge in [0.05, 0.1) is 0 Å². The summed E-state index contributed by atoms with van der Waals surface area (Å²) in [6.07, 6.45) is 57.2. The molecule has 2 saturated heterocycles. The first-order valence-electron chi connectivity index (χ1n) is 29.3. The van der Waals surface area contributed by atoms with Crippen LogP contribution in [0.5, 0.6) is 0 Å². The Labute approximate surface area is 390 Å². The molecular weight excluding hydrogens is 769 g/mol. The lowest BCUT2D eigenvalue weighted by molar-refractivity contribution is 0.130. The summed E-state index contributed by atoms with van der Waals surface area (Å²) in [5, 5.41) is 16.3. The molecule has 10 unspecified atom stereocenters. The van der Waals surface area contributed by atoms with E-state index in [1.54, 1.807) is 0 Å². The predicted molar refractivity (Wildman–Crippen MR) is 270 cm³/mol. The maximum Gasteiger partial charge on any atom is 0.0470 e. The van der Waals surface area contributed by atoms with Crippen molar-refractivity contribution in [2.45, 2.75) is 288 Å². The summed E-state index contributed by atoms with van der Waals surface area (Å²) >= 11 is 0. The lowest BCUT2D eigenvalue weighted by Gasteiger charge is -2.37. The first kappa shape index (κ1) is 48.3. The molecule has 360 valence electrons. The standard InChI is InChI=1S/C57H102N6/c1-3-5-7-9-22-38-60-54-32-20-18-30-50(54)52-42-46(34-36-56(52)60)44-58-62(48-26-14-11-15-27-48)40-24-13-25-41-63(49-28-16-12-17-29-49)59-45-47-35-37-57-53(43-47)51-31-19-21-33-55(51)61(57)39-23-10-8-6-4-2/h44-57H,3-43H2,1-2H3/b58-44+,59-45+. The molecular formula is C57H102N6. The van der Waals surface area contributed by atoms with Gasteiger partial charge >= 0.3 is 0 Å². The highest BCUT2D eigenvalue weighted by atomic mass is 15.5. The lowest BCUT2D eigenvalue weighted by Crippen LogP contribution is -2.41. The second-order valence-electron chi connectivity index (χ2n) is 23.4. The minimum atomic E-state index is 0.670. The number of hydrazone groups is 2. The van der Waals surface area contributed by atoms with Crippen LogP contribution >= 0.6 is 0 Å². The SMILES string of the molecule is CCCCCCCN1C2CCCCC2C2CC(/C=N/N(CCCCCN(/N=C/C3CCC4C(C3)C3CCCCC3N4CCCCCCC)C3CCCCC3)C3CCCCC3)CCC21. The smallest absolute Gasteiger partial charge is 0.0470 e. The number of rotatable bonds is 24. The van der Waals surface area contributed by atoms with Crippen molar-refractivity contribution in [1.82, 2.24) is 19.8 Å². The molecule has 0 radical (unpaired) electrons. The second-order valence-corrected chi connectivity index (χ2v) is 23.4. The van der Waals surface area contributed by atoms with Gasteiger partial charge in [0.15, 0.2) is 0 Å². The van der Waals surface area contributed by atoms with Gasteiger partial charge in [0.25, 0.3) is 0 Å². The molecule has 0 N–H and O–H groups in total. The number of nitrogens with zero attached hydrogens (tertiary/aromatic N) is 6. The van der Waals surface area contributed by atoms with E-state index in [4.69, 9.17) is 10.2 Å². The Hall–Kier alpha value is -1.14. The van der Waals surface area contributed by atoms with Crippen LogP contribution in [-0.2, 0) is 0 Å². The maximum atomic E-state index is 5.51. The van der Waals surface area contributed by atoms with Crippen molar-refractivity contribution in [3.63, 3.8) is 0 Å². The molecule has 6 aliphatic carbocycles. The first-order chi connectivity index (χ1) is 31.2. The van der Waals surface area contributed by atoms with Gasteiger partial charge < -0.3 is 0 Å². The molecule has 63 heavy (non-hydrogen) atoms. The van der Waals surface area contributed by atoms with Crippen molar-refractivity contribution in [3.05, 3.63) is 0 Å². The van der Waals surface area contributed by atoms with E-state index in [1.807, 2.05) is 0 Å². The Morgan fingerprint density at radius 3 is 1.21 bits per heavy atom. The third-order valence-corrected chi connectivity index (χ3v) is 19.3. The number of likely N-dealkylation sites (tertiary alicyclic amines) is 2. The van der Waals surface area contributed by atoms with E-state index in [0.29, 0.717) is 23.9 Å². The normalized spacial score (nSPS) is 34.6. The zero-order valence-electron chi connectivity index (χ0n) is 41.8. The molecule has 0 aromatic carbocycles. The molecule has 6 nitrogen and oxygen atoms in total.